The van der Waals surface area contributed by atoms with Gasteiger partial charge in [-0.3, -0.25) is 0 Å². The van der Waals surface area contributed by atoms with Crippen LogP contribution in [0.3, 0.4) is 0 Å². The summed E-state index contributed by atoms with van der Waals surface area (Å²) in [4.78, 5) is 15.9. The van der Waals surface area contributed by atoms with E-state index in [4.69, 9.17) is 18.9 Å². The van der Waals surface area contributed by atoms with Crippen molar-refractivity contribution in [1.82, 2.24) is 9.55 Å². The highest BCUT2D eigenvalue weighted by Gasteiger charge is 2.46. The first-order valence-corrected chi connectivity index (χ1v) is 7.16. The van der Waals surface area contributed by atoms with Crippen LogP contribution in [0.4, 0.5) is 4.79 Å². The molecule has 0 aliphatic carbocycles. The summed E-state index contributed by atoms with van der Waals surface area (Å²) in [5.74, 6) is 0. The van der Waals surface area contributed by atoms with Gasteiger partial charge in [0.15, 0.2) is 12.4 Å². The van der Waals surface area contributed by atoms with E-state index in [1.807, 2.05) is 6.92 Å². The maximum atomic E-state index is 12.0. The summed E-state index contributed by atoms with van der Waals surface area (Å²) in [6.07, 6.45) is 4.11. The third-order valence-corrected chi connectivity index (χ3v) is 3.40. The van der Waals surface area contributed by atoms with Crippen LogP contribution >= 0.6 is 0 Å². The van der Waals surface area contributed by atoms with Crippen molar-refractivity contribution in [2.45, 2.75) is 51.3 Å². The molecule has 1 aromatic heterocycles. The number of hydrogen-bond donors (Lipinski definition) is 0. The summed E-state index contributed by atoms with van der Waals surface area (Å²) < 4.78 is 23.4. The van der Waals surface area contributed by atoms with Crippen molar-refractivity contribution in [2.24, 2.45) is 0 Å². The van der Waals surface area contributed by atoms with Gasteiger partial charge >= 0.3 is 6.09 Å². The molecule has 0 spiro atoms. The average Bonchev–Trinajstić information content (AvgIpc) is 3.09. The van der Waals surface area contributed by atoms with E-state index in [1.54, 1.807) is 0 Å². The molecule has 1 aliphatic heterocycles. The molecule has 1 aliphatic rings. The quantitative estimate of drug-likeness (QED) is 0.746. The molecule has 0 aromatic carbocycles. The van der Waals surface area contributed by atoms with Crippen molar-refractivity contribution >= 4 is 6.09 Å². The topological polar surface area (TPSA) is 71.8 Å². The summed E-state index contributed by atoms with van der Waals surface area (Å²) in [6, 6.07) is 0. The molecule has 7 heteroatoms. The number of ether oxygens (including phenoxy) is 4. The Balaban J connectivity index is 2.02. The number of aromatic nitrogens is 2. The molecule has 0 bridgehead atoms. The van der Waals surface area contributed by atoms with Crippen LogP contribution in [-0.4, -0.2) is 54.0 Å². The van der Waals surface area contributed by atoms with Crippen molar-refractivity contribution in [1.29, 1.82) is 0 Å². The van der Waals surface area contributed by atoms with Crippen LogP contribution in [0.25, 0.3) is 0 Å². The molecule has 2 heterocycles. The summed E-state index contributed by atoms with van der Waals surface area (Å²) in [7, 11) is 1.52. The van der Waals surface area contributed by atoms with Gasteiger partial charge in [-0.05, 0) is 13.3 Å². The van der Waals surface area contributed by atoms with E-state index < -0.39 is 18.5 Å². The largest absolute Gasteiger partial charge is 0.437 e. The van der Waals surface area contributed by atoms with Crippen LogP contribution in [0.1, 0.15) is 26.7 Å². The Morgan fingerprint density at radius 1 is 1.43 bits per heavy atom. The van der Waals surface area contributed by atoms with E-state index in [-0.39, 0.29) is 12.2 Å². The molecule has 4 atom stereocenters. The first kappa shape index (κ1) is 15.9. The standard InChI is InChI=1S/C14H22N2O5/c1-4-5-8-19-11-10(2)20-13(18-3)12(11)21-14(17)16-7-6-15-9-16/h6-7,9-13H,4-5,8H2,1-3H3/t10?,11?,12-,13+/m1/s1. The van der Waals surface area contributed by atoms with E-state index in [0.29, 0.717) is 6.61 Å². The first-order valence-electron chi connectivity index (χ1n) is 7.16. The molecular weight excluding hydrogens is 276 g/mol. The number of hydrogen-bond acceptors (Lipinski definition) is 6. The Labute approximate surface area is 124 Å². The van der Waals surface area contributed by atoms with E-state index in [2.05, 4.69) is 11.9 Å². The van der Waals surface area contributed by atoms with Crippen molar-refractivity contribution in [2.75, 3.05) is 13.7 Å². The van der Waals surface area contributed by atoms with Gasteiger partial charge in [0.05, 0.1) is 6.10 Å². The average molecular weight is 298 g/mol. The van der Waals surface area contributed by atoms with Crippen molar-refractivity contribution in [3.63, 3.8) is 0 Å². The number of methoxy groups -OCH3 is 1. The number of rotatable bonds is 6. The van der Waals surface area contributed by atoms with E-state index >= 15 is 0 Å². The molecule has 1 aromatic rings. The molecule has 1 saturated heterocycles. The molecule has 1 fully saturated rings. The summed E-state index contributed by atoms with van der Waals surface area (Å²) in [6.45, 7) is 4.57. The molecule has 0 N–H and O–H groups in total. The predicted octanol–water partition coefficient (Wildman–Crippen LogP) is 1.81. The Hall–Kier alpha value is -1.44. The van der Waals surface area contributed by atoms with Gasteiger partial charge in [0, 0.05) is 26.1 Å². The second-order valence-electron chi connectivity index (χ2n) is 4.95. The van der Waals surface area contributed by atoms with Crippen LogP contribution in [0.2, 0.25) is 0 Å². The lowest BCUT2D eigenvalue weighted by Gasteiger charge is -2.23. The van der Waals surface area contributed by atoms with Gasteiger partial charge in [0.1, 0.15) is 12.4 Å². The summed E-state index contributed by atoms with van der Waals surface area (Å²) >= 11 is 0. The highest BCUT2D eigenvalue weighted by molar-refractivity contribution is 5.70. The SMILES string of the molecule is CCCCOC1C(C)O[C@H](OC)[C@@H]1OC(=O)n1ccnc1. The van der Waals surface area contributed by atoms with Crippen molar-refractivity contribution in [3.8, 4) is 0 Å². The first-order chi connectivity index (χ1) is 10.2. The predicted molar refractivity (Wildman–Crippen MR) is 73.9 cm³/mol. The van der Waals surface area contributed by atoms with Crippen molar-refractivity contribution < 1.29 is 23.7 Å². The van der Waals surface area contributed by atoms with Gasteiger partial charge in [-0.25, -0.2) is 14.3 Å². The fourth-order valence-corrected chi connectivity index (χ4v) is 2.24. The lowest BCUT2D eigenvalue weighted by Crippen LogP contribution is -2.40. The normalized spacial score (nSPS) is 28.7. The Morgan fingerprint density at radius 3 is 2.86 bits per heavy atom. The number of imidazole rings is 1. The third kappa shape index (κ3) is 3.81. The smallest absolute Gasteiger partial charge is 0.419 e. The molecule has 7 nitrogen and oxygen atoms in total. The summed E-state index contributed by atoms with van der Waals surface area (Å²) in [5, 5.41) is 0. The zero-order chi connectivity index (χ0) is 15.2. The molecule has 0 radical (unpaired) electrons. The van der Waals surface area contributed by atoms with Gasteiger partial charge in [-0.1, -0.05) is 13.3 Å². The molecule has 2 unspecified atom stereocenters. The molecule has 21 heavy (non-hydrogen) atoms. The summed E-state index contributed by atoms with van der Waals surface area (Å²) in [5.41, 5.74) is 0. The fourth-order valence-electron chi connectivity index (χ4n) is 2.24. The van der Waals surface area contributed by atoms with E-state index in [9.17, 15) is 4.79 Å². The molecule has 118 valence electrons. The monoisotopic (exact) mass is 298 g/mol. The second-order valence-corrected chi connectivity index (χ2v) is 4.95. The van der Waals surface area contributed by atoms with Gasteiger partial charge < -0.3 is 18.9 Å². The number of carbonyl (C=O) groups is 1. The van der Waals surface area contributed by atoms with Crippen molar-refractivity contribution in [3.05, 3.63) is 18.7 Å². The molecule has 0 amide bonds. The second kappa shape index (κ2) is 7.53. The van der Waals surface area contributed by atoms with Crippen LogP contribution in [0, 0.1) is 0 Å². The lowest BCUT2D eigenvalue weighted by atomic mass is 10.1. The zero-order valence-electron chi connectivity index (χ0n) is 12.6. The van der Waals surface area contributed by atoms with E-state index in [0.717, 1.165) is 12.8 Å². The van der Waals surface area contributed by atoms with Gasteiger partial charge in [0.25, 0.3) is 0 Å². The minimum atomic E-state index is -0.626. The molecular formula is C14H22N2O5. The van der Waals surface area contributed by atoms with Crippen LogP contribution in [0.5, 0.6) is 0 Å². The molecule has 2 rings (SSSR count). The maximum absolute atomic E-state index is 12.0. The van der Waals surface area contributed by atoms with E-state index in [1.165, 1.54) is 30.4 Å². The number of unbranched alkanes of at least 4 members (excludes halogenated alkanes) is 1. The Kier molecular flexibility index (Phi) is 5.72. The lowest BCUT2D eigenvalue weighted by molar-refractivity contribution is -0.147. The fraction of sp³-hybridized carbons (Fsp3) is 0.714. The number of carbonyl (C=O) groups excluding carboxylic acids is 1. The van der Waals surface area contributed by atoms with Gasteiger partial charge in [-0.2, -0.15) is 0 Å². The number of nitrogens with zero attached hydrogens (tertiary/aromatic N) is 2. The Bertz CT molecular complexity index is 437. The minimum Gasteiger partial charge on any atom is -0.437 e. The third-order valence-electron chi connectivity index (χ3n) is 3.40. The molecule has 0 saturated carbocycles. The zero-order valence-corrected chi connectivity index (χ0v) is 12.6. The minimum absolute atomic E-state index is 0.201. The van der Waals surface area contributed by atoms with Gasteiger partial charge in [0.2, 0.25) is 0 Å². The highest BCUT2D eigenvalue weighted by atomic mass is 16.7. The van der Waals surface area contributed by atoms with Crippen LogP contribution in [0.15, 0.2) is 18.7 Å². The highest BCUT2D eigenvalue weighted by Crippen LogP contribution is 2.27. The van der Waals surface area contributed by atoms with Crippen LogP contribution in [-0.2, 0) is 18.9 Å². The maximum Gasteiger partial charge on any atom is 0.419 e. The Morgan fingerprint density at radius 2 is 2.24 bits per heavy atom. The van der Waals surface area contributed by atoms with Gasteiger partial charge in [-0.15, -0.1) is 0 Å². The van der Waals surface area contributed by atoms with Crippen LogP contribution < -0.4 is 0 Å².